The van der Waals surface area contributed by atoms with Crippen molar-refractivity contribution in [3.8, 4) is 5.75 Å². The molecule has 0 radical (unpaired) electrons. The summed E-state index contributed by atoms with van der Waals surface area (Å²) in [6, 6.07) is 17.7. The summed E-state index contributed by atoms with van der Waals surface area (Å²) in [7, 11) is 0. The highest BCUT2D eigenvalue weighted by molar-refractivity contribution is 5.78. The van der Waals surface area contributed by atoms with Gasteiger partial charge in [-0.3, -0.25) is 4.79 Å². The molecule has 0 bridgehead atoms. The van der Waals surface area contributed by atoms with E-state index in [0.717, 1.165) is 34.5 Å². The average Bonchev–Trinajstić information content (AvgIpc) is 3.03. The summed E-state index contributed by atoms with van der Waals surface area (Å²) in [5.74, 6) is 1.51. The lowest BCUT2D eigenvalue weighted by Gasteiger charge is -2.10. The molecule has 124 valence electrons. The predicted molar refractivity (Wildman–Crippen MR) is 94.2 cm³/mol. The number of rotatable bonds is 7. The van der Waals surface area contributed by atoms with Crippen LogP contribution in [0.5, 0.6) is 5.75 Å². The first kappa shape index (κ1) is 16.1. The van der Waals surface area contributed by atoms with Gasteiger partial charge in [-0.2, -0.15) is 0 Å². The average molecular weight is 323 g/mol. The minimum atomic E-state index is -0.128. The fourth-order valence-corrected chi connectivity index (χ4v) is 2.62. The molecule has 0 aliphatic heterocycles. The highest BCUT2D eigenvalue weighted by atomic mass is 16.5. The molecule has 1 aromatic heterocycles. The van der Waals surface area contributed by atoms with Gasteiger partial charge in [0, 0.05) is 18.4 Å². The Kier molecular flexibility index (Phi) is 5.16. The molecule has 0 atom stereocenters. The first-order valence-corrected chi connectivity index (χ1v) is 8.21. The number of hydrogen-bond acceptors (Lipinski definition) is 3. The maximum Gasteiger partial charge on any atom is 0.257 e. The number of carbonyl (C=O) groups is 1. The number of nitrogens with one attached hydrogen (secondary N) is 1. The summed E-state index contributed by atoms with van der Waals surface area (Å²) in [5.41, 5.74) is 1.98. The van der Waals surface area contributed by atoms with Gasteiger partial charge in [-0.1, -0.05) is 43.3 Å². The van der Waals surface area contributed by atoms with Crippen LogP contribution in [0.4, 0.5) is 0 Å². The van der Waals surface area contributed by atoms with E-state index in [1.54, 1.807) is 0 Å². The van der Waals surface area contributed by atoms with E-state index in [2.05, 4.69) is 12.2 Å². The first-order valence-electron chi connectivity index (χ1n) is 8.21. The minimum Gasteiger partial charge on any atom is -0.483 e. The molecule has 3 aromatic rings. The van der Waals surface area contributed by atoms with Crippen molar-refractivity contribution in [3.05, 3.63) is 65.9 Å². The topological polar surface area (TPSA) is 51.5 Å². The van der Waals surface area contributed by atoms with E-state index >= 15 is 0 Å². The lowest BCUT2D eigenvalue weighted by molar-refractivity contribution is -0.123. The van der Waals surface area contributed by atoms with E-state index in [9.17, 15) is 4.79 Å². The van der Waals surface area contributed by atoms with Gasteiger partial charge in [0.15, 0.2) is 6.61 Å². The third-order valence-corrected chi connectivity index (χ3v) is 3.88. The quantitative estimate of drug-likeness (QED) is 0.721. The number of aryl methyl sites for hydroxylation is 1. The van der Waals surface area contributed by atoms with E-state index in [1.807, 2.05) is 54.6 Å². The maximum absolute atomic E-state index is 11.9. The molecule has 0 aliphatic rings. The lowest BCUT2D eigenvalue weighted by atomic mass is 10.1. The maximum atomic E-state index is 11.9. The second-order valence-electron chi connectivity index (χ2n) is 5.60. The van der Waals surface area contributed by atoms with Gasteiger partial charge < -0.3 is 14.5 Å². The second kappa shape index (κ2) is 7.68. The van der Waals surface area contributed by atoms with Gasteiger partial charge >= 0.3 is 0 Å². The number of para-hydroxylation sites is 2. The van der Waals surface area contributed by atoms with E-state index in [4.69, 9.17) is 9.15 Å². The highest BCUT2D eigenvalue weighted by Crippen LogP contribution is 2.19. The predicted octanol–water partition coefficient (Wildman–Crippen LogP) is 3.73. The van der Waals surface area contributed by atoms with Crippen LogP contribution in [-0.4, -0.2) is 19.1 Å². The van der Waals surface area contributed by atoms with Crippen molar-refractivity contribution < 1.29 is 13.9 Å². The SMILES string of the molecule is CCc1ccccc1OCC(=O)NCCc1cc2ccccc2o1. The number of furan rings is 1. The minimum absolute atomic E-state index is 0.0249. The lowest BCUT2D eigenvalue weighted by Crippen LogP contribution is -2.30. The number of fused-ring (bicyclic) bond motifs is 1. The number of carbonyl (C=O) groups excluding carboxylic acids is 1. The van der Waals surface area contributed by atoms with Gasteiger partial charge in [0.1, 0.15) is 17.1 Å². The van der Waals surface area contributed by atoms with Crippen molar-refractivity contribution in [1.29, 1.82) is 0 Å². The van der Waals surface area contributed by atoms with Crippen LogP contribution < -0.4 is 10.1 Å². The Labute approximate surface area is 141 Å². The smallest absolute Gasteiger partial charge is 0.257 e. The van der Waals surface area contributed by atoms with E-state index in [-0.39, 0.29) is 12.5 Å². The van der Waals surface area contributed by atoms with Crippen LogP contribution in [0, 0.1) is 0 Å². The molecule has 1 amide bonds. The zero-order valence-corrected chi connectivity index (χ0v) is 13.7. The molecule has 0 aliphatic carbocycles. The molecule has 24 heavy (non-hydrogen) atoms. The van der Waals surface area contributed by atoms with Crippen molar-refractivity contribution in [2.24, 2.45) is 0 Å². The van der Waals surface area contributed by atoms with Gasteiger partial charge in [0.25, 0.3) is 5.91 Å². The zero-order valence-electron chi connectivity index (χ0n) is 13.7. The van der Waals surface area contributed by atoms with E-state index in [1.165, 1.54) is 0 Å². The Morgan fingerprint density at radius 3 is 2.75 bits per heavy atom. The van der Waals surface area contributed by atoms with Crippen molar-refractivity contribution in [3.63, 3.8) is 0 Å². The standard InChI is InChI=1S/C20H21NO3/c1-2-15-7-3-5-9-18(15)23-14-20(22)21-12-11-17-13-16-8-4-6-10-19(16)24-17/h3-10,13H,2,11-12,14H2,1H3,(H,21,22). The highest BCUT2D eigenvalue weighted by Gasteiger charge is 2.07. The number of ether oxygens (including phenoxy) is 1. The Hall–Kier alpha value is -2.75. The summed E-state index contributed by atoms with van der Waals surface area (Å²) in [5, 5.41) is 3.94. The summed E-state index contributed by atoms with van der Waals surface area (Å²) in [4.78, 5) is 11.9. The molecule has 4 heteroatoms. The van der Waals surface area contributed by atoms with Gasteiger partial charge in [0.05, 0.1) is 0 Å². The van der Waals surface area contributed by atoms with Gasteiger partial charge in [-0.25, -0.2) is 0 Å². The molecule has 0 unspecified atom stereocenters. The zero-order chi connectivity index (χ0) is 16.8. The van der Waals surface area contributed by atoms with Crippen LogP contribution in [0.3, 0.4) is 0 Å². The molecule has 0 saturated heterocycles. The molecular weight excluding hydrogens is 302 g/mol. The summed E-state index contributed by atoms with van der Waals surface area (Å²) < 4.78 is 11.3. The van der Waals surface area contributed by atoms with Crippen LogP contribution in [-0.2, 0) is 17.6 Å². The van der Waals surface area contributed by atoms with Gasteiger partial charge in [0.2, 0.25) is 0 Å². The van der Waals surface area contributed by atoms with E-state index < -0.39 is 0 Å². The van der Waals surface area contributed by atoms with Gasteiger partial charge in [-0.05, 0) is 30.2 Å². The monoisotopic (exact) mass is 323 g/mol. The number of amides is 1. The van der Waals surface area contributed by atoms with Gasteiger partial charge in [-0.15, -0.1) is 0 Å². The Balaban J connectivity index is 1.45. The fraction of sp³-hybridized carbons (Fsp3) is 0.250. The molecule has 0 spiro atoms. The fourth-order valence-electron chi connectivity index (χ4n) is 2.62. The molecule has 1 heterocycles. The number of benzene rings is 2. The van der Waals surface area contributed by atoms with Crippen LogP contribution in [0.1, 0.15) is 18.2 Å². The first-order chi connectivity index (χ1) is 11.8. The molecule has 1 N–H and O–H groups in total. The Morgan fingerprint density at radius 2 is 1.92 bits per heavy atom. The van der Waals surface area contributed by atoms with Crippen molar-refractivity contribution >= 4 is 16.9 Å². The molecule has 0 saturated carbocycles. The third-order valence-electron chi connectivity index (χ3n) is 3.88. The summed E-state index contributed by atoms with van der Waals surface area (Å²) in [6.45, 7) is 2.62. The molecule has 4 nitrogen and oxygen atoms in total. The molecule has 2 aromatic carbocycles. The Morgan fingerprint density at radius 1 is 1.12 bits per heavy atom. The molecular formula is C20H21NO3. The third kappa shape index (κ3) is 3.96. The Bertz CT molecular complexity index is 789. The van der Waals surface area contributed by atoms with Crippen LogP contribution >= 0.6 is 0 Å². The van der Waals surface area contributed by atoms with Crippen molar-refractivity contribution in [2.45, 2.75) is 19.8 Å². The van der Waals surface area contributed by atoms with Crippen LogP contribution in [0.2, 0.25) is 0 Å². The normalized spacial score (nSPS) is 10.7. The molecule has 0 fully saturated rings. The summed E-state index contributed by atoms with van der Waals surface area (Å²) in [6.07, 6.45) is 1.54. The second-order valence-corrected chi connectivity index (χ2v) is 5.60. The van der Waals surface area contributed by atoms with Crippen LogP contribution in [0.15, 0.2) is 59.0 Å². The van der Waals surface area contributed by atoms with Crippen molar-refractivity contribution in [2.75, 3.05) is 13.2 Å². The van der Waals surface area contributed by atoms with Crippen LogP contribution in [0.25, 0.3) is 11.0 Å². The number of hydrogen-bond donors (Lipinski definition) is 1. The summed E-state index contributed by atoms with van der Waals surface area (Å²) >= 11 is 0. The van der Waals surface area contributed by atoms with Crippen molar-refractivity contribution in [1.82, 2.24) is 5.32 Å². The molecule has 3 rings (SSSR count). The van der Waals surface area contributed by atoms with E-state index in [0.29, 0.717) is 13.0 Å². The largest absolute Gasteiger partial charge is 0.483 e.